The standard InChI is InChI=1S/C31H34ClF3N2O3/c1-4-18-40-30(3,31(33,34)35)27(38)15-11-6-8-12-21-16-17-25(32)24(19-21)28-36-26(23-13-9-7-10-14-23)20-22(5-2)29(39)37-28/h4,7,9-10,13-14,16-17,19-20,22H,1,5-6,8,11-12,15,18H2,2-3H3,(H,36,37,39)/t22?,30-/m0/s1. The molecule has 1 unspecified atom stereocenters. The van der Waals surface area contributed by atoms with E-state index in [4.69, 9.17) is 21.3 Å². The predicted octanol–water partition coefficient (Wildman–Crippen LogP) is 7.48. The number of ketones is 1. The second-order valence-electron chi connectivity index (χ2n) is 9.81. The van der Waals surface area contributed by atoms with E-state index >= 15 is 0 Å². The Kier molecular flexibility index (Phi) is 10.9. The van der Waals surface area contributed by atoms with E-state index in [2.05, 4.69) is 11.9 Å². The minimum absolute atomic E-state index is 0.166. The second kappa shape index (κ2) is 13.9. The zero-order chi connectivity index (χ0) is 29.3. The number of benzene rings is 2. The molecule has 2 atom stereocenters. The first-order chi connectivity index (χ1) is 19.0. The van der Waals surface area contributed by atoms with E-state index < -0.39 is 17.6 Å². The fourth-order valence-electron chi connectivity index (χ4n) is 4.35. The van der Waals surface area contributed by atoms with Gasteiger partial charge in [0.25, 0.3) is 0 Å². The fraction of sp³-hybridized carbons (Fsp3) is 0.387. The summed E-state index contributed by atoms with van der Waals surface area (Å²) in [4.78, 5) is 30.1. The molecule has 9 heteroatoms. The maximum absolute atomic E-state index is 13.5. The molecule has 0 aromatic heterocycles. The Morgan fingerprint density at radius 2 is 1.88 bits per heavy atom. The van der Waals surface area contributed by atoms with E-state index in [1.165, 1.54) is 6.08 Å². The number of nitrogens with one attached hydrogen (secondary N) is 1. The molecule has 214 valence electrons. The fourth-order valence-corrected chi connectivity index (χ4v) is 4.55. The Balaban J connectivity index is 1.68. The third kappa shape index (κ3) is 7.70. The third-order valence-corrected chi connectivity index (χ3v) is 7.23. The number of alkyl halides is 3. The van der Waals surface area contributed by atoms with Gasteiger partial charge in [0, 0.05) is 12.0 Å². The molecule has 40 heavy (non-hydrogen) atoms. The number of aryl methyl sites for hydroxylation is 1. The van der Waals surface area contributed by atoms with E-state index in [0.29, 0.717) is 54.2 Å². The van der Waals surface area contributed by atoms with Crippen molar-refractivity contribution in [3.63, 3.8) is 0 Å². The second-order valence-corrected chi connectivity index (χ2v) is 10.2. The predicted molar refractivity (Wildman–Crippen MR) is 152 cm³/mol. The average Bonchev–Trinajstić information content (AvgIpc) is 3.10. The van der Waals surface area contributed by atoms with Gasteiger partial charge in [-0.15, -0.1) is 6.58 Å². The van der Waals surface area contributed by atoms with Crippen LogP contribution in [0.25, 0.3) is 5.70 Å². The lowest BCUT2D eigenvalue weighted by atomic mass is 9.94. The molecule has 1 N–H and O–H groups in total. The van der Waals surface area contributed by atoms with Crippen LogP contribution in [-0.4, -0.2) is 35.9 Å². The van der Waals surface area contributed by atoms with Gasteiger partial charge in [0.15, 0.2) is 5.78 Å². The number of amidine groups is 1. The molecule has 0 bridgehead atoms. The molecule has 1 aliphatic heterocycles. The topological polar surface area (TPSA) is 67.8 Å². The van der Waals surface area contributed by atoms with Crippen LogP contribution in [0.4, 0.5) is 13.2 Å². The highest BCUT2D eigenvalue weighted by molar-refractivity contribution is 6.34. The first-order valence-corrected chi connectivity index (χ1v) is 13.7. The van der Waals surface area contributed by atoms with Gasteiger partial charge in [-0.1, -0.05) is 67.4 Å². The molecule has 0 spiro atoms. The van der Waals surface area contributed by atoms with Crippen LogP contribution < -0.4 is 5.32 Å². The van der Waals surface area contributed by atoms with Crippen LogP contribution in [-0.2, 0) is 20.7 Å². The van der Waals surface area contributed by atoms with Crippen LogP contribution >= 0.6 is 11.6 Å². The van der Waals surface area contributed by atoms with Gasteiger partial charge in [-0.25, -0.2) is 4.99 Å². The molecule has 3 rings (SSSR count). The Labute approximate surface area is 238 Å². The number of halogens is 4. The van der Waals surface area contributed by atoms with Crippen molar-refractivity contribution in [1.29, 1.82) is 0 Å². The lowest BCUT2D eigenvalue weighted by Crippen LogP contribution is -2.51. The van der Waals surface area contributed by atoms with E-state index in [0.717, 1.165) is 18.1 Å². The summed E-state index contributed by atoms with van der Waals surface area (Å²) in [7, 11) is 0. The highest BCUT2D eigenvalue weighted by Gasteiger charge is 2.57. The van der Waals surface area contributed by atoms with Crippen molar-refractivity contribution in [3.8, 4) is 0 Å². The summed E-state index contributed by atoms with van der Waals surface area (Å²) < 4.78 is 45.3. The van der Waals surface area contributed by atoms with Crippen LogP contribution in [0.2, 0.25) is 5.02 Å². The summed E-state index contributed by atoms with van der Waals surface area (Å²) in [6.45, 7) is 5.69. The molecule has 0 radical (unpaired) electrons. The molecule has 1 aliphatic rings. The molecule has 2 aromatic carbocycles. The number of hydrogen-bond donors (Lipinski definition) is 1. The molecule has 0 saturated carbocycles. The van der Waals surface area contributed by atoms with Gasteiger partial charge in [0.2, 0.25) is 11.5 Å². The Morgan fingerprint density at radius 3 is 2.52 bits per heavy atom. The Morgan fingerprint density at radius 1 is 1.15 bits per heavy atom. The summed E-state index contributed by atoms with van der Waals surface area (Å²) in [5.74, 6) is -1.14. The van der Waals surface area contributed by atoms with E-state index in [-0.39, 0.29) is 24.9 Å². The van der Waals surface area contributed by atoms with Crippen LogP contribution in [0, 0.1) is 5.92 Å². The van der Waals surface area contributed by atoms with Crippen molar-refractivity contribution in [2.24, 2.45) is 10.9 Å². The lowest BCUT2D eigenvalue weighted by molar-refractivity contribution is -0.257. The van der Waals surface area contributed by atoms with Crippen molar-refractivity contribution < 1.29 is 27.5 Å². The number of ether oxygens (including phenoxy) is 1. The van der Waals surface area contributed by atoms with Crippen LogP contribution in [0.1, 0.15) is 62.6 Å². The summed E-state index contributed by atoms with van der Waals surface area (Å²) in [6, 6.07) is 15.1. The number of rotatable bonds is 13. The SMILES string of the molecule is C=CCO[C@@](C)(C(=O)CCCCCc1ccc(Cl)c(C2=NC(c3ccccc3)=CC(CC)C(=O)N2)c1)C(F)(F)F. The molecular formula is C31H34ClF3N2O3. The Bertz CT molecular complexity index is 1270. The molecular weight excluding hydrogens is 541 g/mol. The lowest BCUT2D eigenvalue weighted by Gasteiger charge is -2.30. The highest BCUT2D eigenvalue weighted by atomic mass is 35.5. The molecule has 5 nitrogen and oxygen atoms in total. The van der Waals surface area contributed by atoms with Gasteiger partial charge in [0.1, 0.15) is 5.84 Å². The summed E-state index contributed by atoms with van der Waals surface area (Å²) >= 11 is 6.53. The van der Waals surface area contributed by atoms with Crippen molar-refractivity contribution in [2.75, 3.05) is 6.61 Å². The molecule has 0 saturated heterocycles. The third-order valence-electron chi connectivity index (χ3n) is 6.90. The van der Waals surface area contributed by atoms with Crippen LogP contribution in [0.15, 0.2) is 72.3 Å². The molecule has 0 aliphatic carbocycles. The minimum atomic E-state index is -4.81. The number of amides is 1. The smallest absolute Gasteiger partial charge is 0.355 e. The monoisotopic (exact) mass is 574 g/mol. The van der Waals surface area contributed by atoms with Gasteiger partial charge in [-0.3, -0.25) is 9.59 Å². The van der Waals surface area contributed by atoms with E-state index in [1.54, 1.807) is 6.07 Å². The van der Waals surface area contributed by atoms with Crippen molar-refractivity contribution in [1.82, 2.24) is 5.32 Å². The number of nitrogens with zero attached hydrogens (tertiary/aromatic N) is 1. The maximum atomic E-state index is 13.5. The van der Waals surface area contributed by atoms with Crippen molar-refractivity contribution in [2.45, 2.75) is 64.1 Å². The van der Waals surface area contributed by atoms with Crippen LogP contribution in [0.5, 0.6) is 0 Å². The quantitative estimate of drug-likeness (QED) is 0.199. The molecule has 2 aromatic rings. The largest absolute Gasteiger partial charge is 0.424 e. The number of Topliss-reactive ketones (excluding diaryl/α,β-unsaturated/α-hetero) is 1. The zero-order valence-corrected chi connectivity index (χ0v) is 23.4. The number of carbonyl (C=O) groups excluding carboxylic acids is 2. The average molecular weight is 575 g/mol. The van der Waals surface area contributed by atoms with Gasteiger partial charge < -0.3 is 10.1 Å². The zero-order valence-electron chi connectivity index (χ0n) is 22.7. The maximum Gasteiger partial charge on any atom is 0.424 e. The van der Waals surface area contributed by atoms with E-state index in [9.17, 15) is 22.8 Å². The van der Waals surface area contributed by atoms with Crippen molar-refractivity contribution in [3.05, 3.63) is 89.0 Å². The Hall–Kier alpha value is -3.23. The van der Waals surface area contributed by atoms with Gasteiger partial charge in [-0.05, 0) is 61.9 Å². The van der Waals surface area contributed by atoms with Crippen molar-refractivity contribution >= 4 is 34.8 Å². The van der Waals surface area contributed by atoms with Gasteiger partial charge >= 0.3 is 6.18 Å². The van der Waals surface area contributed by atoms with Crippen LogP contribution in [0.3, 0.4) is 0 Å². The number of carbonyl (C=O) groups is 2. The molecule has 1 amide bonds. The van der Waals surface area contributed by atoms with Gasteiger partial charge in [-0.2, -0.15) is 13.2 Å². The molecule has 0 fully saturated rings. The summed E-state index contributed by atoms with van der Waals surface area (Å²) in [5, 5.41) is 3.35. The molecule has 1 heterocycles. The number of aliphatic imine (C=N–C) groups is 1. The van der Waals surface area contributed by atoms with Gasteiger partial charge in [0.05, 0.1) is 23.2 Å². The normalized spacial score (nSPS) is 17.2. The summed E-state index contributed by atoms with van der Waals surface area (Å²) in [5.41, 5.74) is 0.225. The minimum Gasteiger partial charge on any atom is -0.355 e. The van der Waals surface area contributed by atoms with E-state index in [1.807, 2.05) is 55.5 Å². The first kappa shape index (κ1) is 31.3. The number of unbranched alkanes of at least 4 members (excludes halogenated alkanes) is 2. The first-order valence-electron chi connectivity index (χ1n) is 13.3. The highest BCUT2D eigenvalue weighted by Crippen LogP contribution is 2.35. The summed E-state index contributed by atoms with van der Waals surface area (Å²) in [6.07, 6.45) is 0.727. The number of hydrogen-bond acceptors (Lipinski definition) is 4.